The van der Waals surface area contributed by atoms with Crippen LogP contribution in [0.15, 0.2) is 35.5 Å². The molecule has 3 rings (SSSR count). The second-order valence-corrected chi connectivity index (χ2v) is 12.3. The van der Waals surface area contributed by atoms with Crippen LogP contribution in [-0.2, 0) is 15.4 Å². The number of amides is 1. The van der Waals surface area contributed by atoms with E-state index in [0.29, 0.717) is 5.75 Å². The Hall–Kier alpha value is -3.17. The summed E-state index contributed by atoms with van der Waals surface area (Å²) in [7, 11) is -3.65. The highest BCUT2D eigenvalue weighted by molar-refractivity contribution is 8.23. The maximum atomic E-state index is 14.9. The van der Waals surface area contributed by atoms with Gasteiger partial charge in [0.25, 0.3) is 5.91 Å². The molecule has 2 aromatic rings. The molecule has 0 bridgehead atoms. The molecule has 0 spiro atoms. The number of nitrogens with zero attached hydrogens (tertiary/aromatic N) is 2. The number of nitrogens with one attached hydrogen (secondary N) is 1. The first kappa shape index (κ1) is 25.5. The van der Waals surface area contributed by atoms with Crippen molar-refractivity contribution in [3.63, 3.8) is 0 Å². The van der Waals surface area contributed by atoms with Gasteiger partial charge in [0, 0.05) is 30.0 Å². The van der Waals surface area contributed by atoms with Crippen molar-refractivity contribution >= 4 is 38.4 Å². The van der Waals surface area contributed by atoms with Crippen LogP contribution in [0.5, 0.6) is 5.75 Å². The molecule has 12 heteroatoms. The first-order valence-corrected chi connectivity index (χ1v) is 12.6. The molecule has 0 saturated heterocycles. The highest BCUT2D eigenvalue weighted by Crippen LogP contribution is 2.48. The molecule has 0 unspecified atom stereocenters. The maximum absolute atomic E-state index is 14.9. The third-order valence-corrected chi connectivity index (χ3v) is 9.03. The zero-order valence-electron chi connectivity index (χ0n) is 18.6. The van der Waals surface area contributed by atoms with Crippen LogP contribution >= 0.6 is 11.8 Å². The predicted molar refractivity (Wildman–Crippen MR) is 127 cm³/mol. The van der Waals surface area contributed by atoms with Crippen molar-refractivity contribution < 1.29 is 26.7 Å². The van der Waals surface area contributed by atoms with Crippen LogP contribution in [0.1, 0.15) is 36.3 Å². The summed E-state index contributed by atoms with van der Waals surface area (Å²) in [5.41, 5.74) is 4.05. The molecule has 1 amide bonds. The average Bonchev–Trinajstić information content (AvgIpc) is 2.73. The molecule has 2 heterocycles. The average molecular weight is 509 g/mol. The summed E-state index contributed by atoms with van der Waals surface area (Å²) in [5, 5.41) is 2.39. The molecule has 0 radical (unpaired) electrons. The first-order valence-electron chi connectivity index (χ1n) is 9.85. The van der Waals surface area contributed by atoms with E-state index in [1.165, 1.54) is 38.2 Å². The highest BCUT2D eigenvalue weighted by atomic mass is 32.3. The second kappa shape index (κ2) is 9.23. The van der Waals surface area contributed by atoms with E-state index < -0.39 is 37.0 Å². The minimum atomic E-state index is -3.65. The quantitative estimate of drug-likeness (QED) is 0.575. The number of ether oxygens (including phenoxy) is 1. The number of nitrogens with two attached hydrogens (primary N) is 1. The number of carbonyl (C=O) groups is 1. The van der Waals surface area contributed by atoms with Crippen molar-refractivity contribution in [1.82, 2.24) is 4.98 Å². The lowest BCUT2D eigenvalue weighted by Crippen LogP contribution is -2.45. The van der Waals surface area contributed by atoms with E-state index in [1.807, 2.05) is 0 Å². The topological polar surface area (TPSA) is 124 Å². The van der Waals surface area contributed by atoms with Gasteiger partial charge in [-0.2, -0.15) is 0 Å². The van der Waals surface area contributed by atoms with Crippen LogP contribution in [0.4, 0.5) is 14.5 Å². The Labute approximate surface area is 200 Å². The van der Waals surface area contributed by atoms with Gasteiger partial charge in [0.15, 0.2) is 26.6 Å². The molecule has 1 aromatic heterocycles. The fraction of sp³-hybridized carbons (Fsp3) is 0.318. The molecule has 1 aromatic carbocycles. The summed E-state index contributed by atoms with van der Waals surface area (Å²) in [5.74, 6) is -0.485. The number of thioether (sulfide) groups is 1. The second-order valence-electron chi connectivity index (χ2n) is 8.05. The van der Waals surface area contributed by atoms with E-state index in [1.54, 1.807) is 0 Å². The van der Waals surface area contributed by atoms with Crippen LogP contribution in [-0.4, -0.2) is 41.4 Å². The lowest BCUT2D eigenvalue weighted by molar-refractivity contribution is 0.102. The summed E-state index contributed by atoms with van der Waals surface area (Å²) in [6, 6.07) is 4.88. The highest BCUT2D eigenvalue weighted by Gasteiger charge is 2.49. The lowest BCUT2D eigenvalue weighted by Gasteiger charge is -2.40. The molecule has 0 aliphatic carbocycles. The van der Waals surface area contributed by atoms with Gasteiger partial charge in [-0.15, -0.1) is 6.42 Å². The van der Waals surface area contributed by atoms with Crippen molar-refractivity contribution in [1.29, 1.82) is 0 Å². The van der Waals surface area contributed by atoms with Crippen molar-refractivity contribution in [2.24, 2.45) is 10.7 Å². The first-order chi connectivity index (χ1) is 15.8. The number of hydrogen-bond acceptors (Lipinski definition) is 8. The molecule has 0 fully saturated rings. The zero-order valence-corrected chi connectivity index (χ0v) is 20.2. The molecule has 3 N–H and O–H groups in total. The van der Waals surface area contributed by atoms with Gasteiger partial charge >= 0.3 is 0 Å². The smallest absolute Gasteiger partial charge is 0.274 e. The van der Waals surface area contributed by atoms with Crippen LogP contribution in [0.3, 0.4) is 0 Å². The summed E-state index contributed by atoms with van der Waals surface area (Å²) in [4.78, 5) is 20.8. The molecule has 1 aliphatic heterocycles. The molecule has 8 nitrogen and oxygen atoms in total. The van der Waals surface area contributed by atoms with Gasteiger partial charge in [-0.3, -0.25) is 9.79 Å². The fourth-order valence-corrected chi connectivity index (χ4v) is 5.97. The summed E-state index contributed by atoms with van der Waals surface area (Å²) >= 11 is 0.845. The minimum Gasteiger partial charge on any atom is -0.479 e. The molecule has 34 heavy (non-hydrogen) atoms. The van der Waals surface area contributed by atoms with Gasteiger partial charge in [-0.25, -0.2) is 22.2 Å². The number of amidine groups is 1. The standard InChI is InChI=1S/C22H22F2N4O4S2/c1-5-8-32-14-6-7-17(26-11-14)19(29)27-13-9-15(18(24)16(23)10-13)21(2)12-22(3,34(4,30)31)33-20(25)28-21/h1,6-7,9-11H,8,12H2,2-4H3,(H2,25,28)(H,27,29)/t21-,22-/m0/s1. The fourth-order valence-electron chi connectivity index (χ4n) is 3.52. The molecular weight excluding hydrogens is 486 g/mol. The number of aliphatic imine (C=N–C) groups is 1. The summed E-state index contributed by atoms with van der Waals surface area (Å²) in [6.45, 7) is 2.95. The van der Waals surface area contributed by atoms with Gasteiger partial charge in [0.05, 0.1) is 11.7 Å². The number of aromatic nitrogens is 1. The van der Waals surface area contributed by atoms with Gasteiger partial charge in [0.2, 0.25) is 0 Å². The van der Waals surface area contributed by atoms with Crippen LogP contribution < -0.4 is 15.8 Å². The van der Waals surface area contributed by atoms with E-state index in [0.717, 1.165) is 24.1 Å². The normalized spacial score (nSPS) is 22.4. The minimum absolute atomic E-state index is 0.00784. The number of halogens is 2. The Morgan fingerprint density at radius 3 is 2.65 bits per heavy atom. The lowest BCUT2D eigenvalue weighted by atomic mass is 9.86. The Balaban J connectivity index is 1.94. The largest absolute Gasteiger partial charge is 0.479 e. The number of anilines is 1. The summed E-state index contributed by atoms with van der Waals surface area (Å²) in [6.07, 6.45) is 7.29. The van der Waals surface area contributed by atoms with Crippen molar-refractivity contribution in [2.75, 3.05) is 18.2 Å². The molecular formula is C22H22F2N4O4S2. The molecule has 0 saturated carbocycles. The number of terminal acetylenes is 1. The third kappa shape index (κ3) is 5.15. The Bertz CT molecular complexity index is 1310. The third-order valence-electron chi connectivity index (χ3n) is 5.28. The number of rotatable bonds is 6. The van der Waals surface area contributed by atoms with Crippen LogP contribution in [0.2, 0.25) is 0 Å². The van der Waals surface area contributed by atoms with E-state index in [4.69, 9.17) is 16.9 Å². The van der Waals surface area contributed by atoms with Gasteiger partial charge in [0.1, 0.15) is 22.1 Å². The number of benzene rings is 1. The van der Waals surface area contributed by atoms with Gasteiger partial charge in [-0.05, 0) is 32.0 Å². The monoisotopic (exact) mass is 508 g/mol. The molecule has 1 aliphatic rings. The van der Waals surface area contributed by atoms with E-state index >= 15 is 0 Å². The van der Waals surface area contributed by atoms with Crippen molar-refractivity contribution in [3.05, 3.63) is 53.4 Å². The van der Waals surface area contributed by atoms with Gasteiger partial charge < -0.3 is 15.8 Å². The Morgan fingerprint density at radius 2 is 2.06 bits per heavy atom. The number of carbonyl (C=O) groups excluding carboxylic acids is 1. The predicted octanol–water partition coefficient (Wildman–Crippen LogP) is 3.05. The van der Waals surface area contributed by atoms with Crippen molar-refractivity contribution in [2.45, 2.75) is 29.9 Å². The van der Waals surface area contributed by atoms with E-state index in [9.17, 15) is 22.0 Å². The SMILES string of the molecule is C#CCOc1ccc(C(=O)Nc2cc(F)c(F)c([C@]3(C)C[C@](C)(S(C)(=O)=O)SC(N)=N3)c2)nc1. The van der Waals surface area contributed by atoms with E-state index in [2.05, 4.69) is 21.2 Å². The number of hydrogen-bond donors (Lipinski definition) is 2. The van der Waals surface area contributed by atoms with Gasteiger partial charge in [-0.1, -0.05) is 17.7 Å². The van der Waals surface area contributed by atoms with Crippen LogP contribution in [0.25, 0.3) is 0 Å². The molecule has 2 atom stereocenters. The Kier molecular flexibility index (Phi) is 6.91. The maximum Gasteiger partial charge on any atom is 0.274 e. The zero-order chi connectivity index (χ0) is 25.3. The summed E-state index contributed by atoms with van der Waals surface area (Å²) < 4.78 is 58.0. The van der Waals surface area contributed by atoms with Crippen molar-refractivity contribution in [3.8, 4) is 18.1 Å². The number of sulfone groups is 1. The Morgan fingerprint density at radius 1 is 1.35 bits per heavy atom. The number of pyridine rings is 1. The van der Waals surface area contributed by atoms with Crippen LogP contribution in [0, 0.1) is 24.0 Å². The van der Waals surface area contributed by atoms with E-state index in [-0.39, 0.29) is 35.1 Å². The molecule has 180 valence electrons.